The number of nitrogens with zero attached hydrogens (tertiary/aromatic N) is 2. The van der Waals surface area contributed by atoms with Crippen LogP contribution in [0.5, 0.6) is 0 Å². The van der Waals surface area contributed by atoms with Crippen LogP contribution in [0.2, 0.25) is 0 Å². The molecule has 8 atom stereocenters. The molecule has 0 aliphatic heterocycles. The standard InChI is InChI=1S/C75H96N10O11S/c1-7-48(4)52(32-36-69(91)82-64(72(77)93)38-50-27-28-50)41-67(89)63(42-55-44-78-46-80-55)81-70(92)45-85(6)75(96)71(47(2)3)84-73(94)49(5)37-66(88)62(40-54-43-79-61-25-18-17-24-60(54)61)83-74(95)53(31-35-68(76)90)39-56(86)19-11-8-16-26-65(87)51-29-33-59(34-30-51)97(57-20-12-9-13-21-57)58-22-14-10-15-23-58/h9-10,12-15,17-18,20-25,29-30,33-34,43-44,46-50,52-53,62-64,71,79H,7-8,11,16,19,26-28,31-32,35-42,45H2,1-6H3,(H8-,76,77,78,80,81,82,83,84,90,91,92,93,94,95)/p+1/t48-,49+,52-,53+,62-,63-,64-,71-/m0/s1. The number of primary amides is 2. The Labute approximate surface area is 571 Å². The summed E-state index contributed by atoms with van der Waals surface area (Å²) < 4.78 is 0. The molecule has 6 aromatic rings. The number of hydrogen-bond acceptors (Lipinski definition) is 12. The summed E-state index contributed by atoms with van der Waals surface area (Å²) in [5.74, 6) is -7.53. The molecule has 22 heteroatoms. The van der Waals surface area contributed by atoms with Gasteiger partial charge in [0.05, 0.1) is 35.9 Å². The summed E-state index contributed by atoms with van der Waals surface area (Å²) in [5.41, 5.74) is 13.8. The number of nitrogens with one attached hydrogen (secondary N) is 6. The summed E-state index contributed by atoms with van der Waals surface area (Å²) in [6.07, 6.45) is 9.64. The van der Waals surface area contributed by atoms with Crippen LogP contribution in [0.4, 0.5) is 0 Å². The Bertz CT molecular complexity index is 3590. The predicted molar refractivity (Wildman–Crippen MR) is 372 cm³/mol. The van der Waals surface area contributed by atoms with E-state index in [0.717, 1.165) is 40.0 Å². The Morgan fingerprint density at radius 1 is 0.629 bits per heavy atom. The van der Waals surface area contributed by atoms with E-state index in [0.29, 0.717) is 61.3 Å². The quantitative estimate of drug-likeness (QED) is 0.0101. The summed E-state index contributed by atoms with van der Waals surface area (Å²) in [5, 5.41) is 12.1. The lowest BCUT2D eigenvalue weighted by atomic mass is 9.82. The number of benzene rings is 4. The number of carbonyl (C=O) groups excluding carboxylic acids is 11. The van der Waals surface area contributed by atoms with Gasteiger partial charge in [-0.15, -0.1) is 0 Å². The van der Waals surface area contributed by atoms with Crippen molar-refractivity contribution in [3.63, 3.8) is 0 Å². The van der Waals surface area contributed by atoms with Crippen LogP contribution in [0.3, 0.4) is 0 Å². The van der Waals surface area contributed by atoms with E-state index in [1.807, 2.05) is 98.8 Å². The predicted octanol–water partition coefficient (Wildman–Crippen LogP) is 8.78. The maximum atomic E-state index is 14.6. The van der Waals surface area contributed by atoms with Gasteiger partial charge in [-0.2, -0.15) is 0 Å². The van der Waals surface area contributed by atoms with Crippen molar-refractivity contribution >= 4 is 86.3 Å². The summed E-state index contributed by atoms with van der Waals surface area (Å²) >= 11 is 0. The van der Waals surface area contributed by atoms with Gasteiger partial charge in [-0.05, 0) is 116 Å². The minimum atomic E-state index is -1.20. The van der Waals surface area contributed by atoms with Crippen molar-refractivity contribution < 1.29 is 52.7 Å². The van der Waals surface area contributed by atoms with E-state index < -0.39 is 89.7 Å². The number of carbonyl (C=O) groups is 11. The summed E-state index contributed by atoms with van der Waals surface area (Å²) in [6.45, 7) is 8.47. The lowest BCUT2D eigenvalue weighted by Gasteiger charge is -2.29. The van der Waals surface area contributed by atoms with E-state index in [-0.39, 0.29) is 104 Å². The number of unbranched alkanes of at least 4 members (excludes halogenated alkanes) is 2. The molecule has 7 rings (SSSR count). The number of H-pyrrole nitrogens is 2. The number of aromatic amines is 2. The molecule has 2 aromatic heterocycles. The Morgan fingerprint density at radius 2 is 1.25 bits per heavy atom. The van der Waals surface area contributed by atoms with Crippen LogP contribution >= 0.6 is 0 Å². The van der Waals surface area contributed by atoms with Gasteiger partial charge in [0, 0.05) is 111 Å². The molecule has 7 amide bonds. The fourth-order valence-corrected chi connectivity index (χ4v) is 14.2. The van der Waals surface area contributed by atoms with Crippen LogP contribution in [0, 0.1) is 35.5 Å². The number of imidazole rings is 1. The first kappa shape index (κ1) is 75.3. The maximum Gasteiger partial charge on any atom is 0.245 e. The normalized spacial score (nSPS) is 14.6. The average molecular weight is 1350 g/mol. The number of nitrogens with two attached hydrogens (primary N) is 2. The second kappa shape index (κ2) is 37.5. The van der Waals surface area contributed by atoms with E-state index in [1.165, 1.54) is 30.1 Å². The van der Waals surface area contributed by atoms with Gasteiger partial charge in [0.1, 0.15) is 17.9 Å². The smallest absolute Gasteiger partial charge is 0.245 e. The number of rotatable bonds is 43. The van der Waals surface area contributed by atoms with Gasteiger partial charge in [-0.3, -0.25) is 52.7 Å². The SMILES string of the molecule is CC[C@H](C)[C@@H](CCC(=O)N[C@@H](CC1CC1)C(N)=O)CC(=O)[C@H](Cc1cnc[nH]1)NC(=O)CN(C)C(=O)[C@@H](NC(=O)[C@H](C)CC(=O)[C@H](Cc1c[nH]c2ccccc12)NC(=O)[C@H](CCC(N)=O)CC(=O)CCCCCC(=O)c1ccc([S+](c2ccccc2)c2ccccc2)cc1)C(C)C. The van der Waals surface area contributed by atoms with Gasteiger partial charge in [-0.1, -0.05) is 115 Å². The monoisotopic (exact) mass is 1350 g/mol. The first-order chi connectivity index (χ1) is 46.5. The highest BCUT2D eigenvalue weighted by Crippen LogP contribution is 2.34. The number of Topliss-reactive ketones (excluding diaryl/α,β-unsaturated/α-hetero) is 4. The molecule has 10 N–H and O–H groups in total. The molecule has 4 aromatic carbocycles. The first-order valence-corrected chi connectivity index (χ1v) is 35.3. The second-order valence-corrected chi connectivity index (χ2v) is 28.5. The molecule has 0 bridgehead atoms. The Morgan fingerprint density at radius 3 is 1.87 bits per heavy atom. The molecule has 1 saturated carbocycles. The third kappa shape index (κ3) is 23.6. The van der Waals surface area contributed by atoms with Gasteiger partial charge >= 0.3 is 0 Å². The molecule has 1 fully saturated rings. The van der Waals surface area contributed by atoms with Crippen LogP contribution in [0.25, 0.3) is 10.9 Å². The molecule has 21 nitrogen and oxygen atoms in total. The average Bonchev–Trinajstić information content (AvgIpc) is 1.83. The van der Waals surface area contributed by atoms with E-state index in [1.54, 1.807) is 26.2 Å². The van der Waals surface area contributed by atoms with E-state index >= 15 is 0 Å². The third-order valence-electron chi connectivity index (χ3n) is 18.4. The van der Waals surface area contributed by atoms with Crippen molar-refractivity contribution in [2.24, 2.45) is 47.0 Å². The summed E-state index contributed by atoms with van der Waals surface area (Å²) in [7, 11) is 1.05. The molecular weight excluding hydrogens is 1250 g/mol. The second-order valence-electron chi connectivity index (χ2n) is 26.5. The fourth-order valence-electron chi connectivity index (χ4n) is 12.1. The number of likely N-dealkylation sites (N-methyl/N-ethyl adjacent to an activating group) is 1. The molecule has 518 valence electrons. The van der Waals surface area contributed by atoms with E-state index in [9.17, 15) is 52.7 Å². The van der Waals surface area contributed by atoms with Gasteiger partial charge < -0.3 is 47.6 Å². The van der Waals surface area contributed by atoms with Crippen LogP contribution in [-0.2, 0) is 71.7 Å². The van der Waals surface area contributed by atoms with Crippen LogP contribution < -0.4 is 32.7 Å². The van der Waals surface area contributed by atoms with Crippen molar-refractivity contribution in [2.75, 3.05) is 13.6 Å². The minimum absolute atomic E-state index is 0.00334. The molecule has 0 spiro atoms. The van der Waals surface area contributed by atoms with Crippen molar-refractivity contribution in [2.45, 2.75) is 189 Å². The van der Waals surface area contributed by atoms with Gasteiger partial charge in [0.15, 0.2) is 32.0 Å². The lowest BCUT2D eigenvalue weighted by Crippen LogP contribution is -2.54. The van der Waals surface area contributed by atoms with Crippen molar-refractivity contribution in [3.05, 3.63) is 145 Å². The number of fused-ring (bicyclic) bond motifs is 1. The largest absolute Gasteiger partial charge is 0.370 e. The molecule has 0 radical (unpaired) electrons. The van der Waals surface area contributed by atoms with Crippen molar-refractivity contribution in [3.8, 4) is 0 Å². The molecule has 97 heavy (non-hydrogen) atoms. The van der Waals surface area contributed by atoms with Gasteiger partial charge in [-0.25, -0.2) is 4.98 Å². The van der Waals surface area contributed by atoms with E-state index in [2.05, 4.69) is 60.5 Å². The number of hydrogen-bond donors (Lipinski definition) is 8. The Kier molecular flexibility index (Phi) is 29.1. The zero-order valence-corrected chi connectivity index (χ0v) is 57.6. The highest BCUT2D eigenvalue weighted by molar-refractivity contribution is 7.97. The molecule has 1 aliphatic rings. The molecule has 2 heterocycles. The summed E-state index contributed by atoms with van der Waals surface area (Å²) in [4.78, 5) is 165. The fraction of sp³-hybridized carbons (Fsp3) is 0.467. The zero-order chi connectivity index (χ0) is 70.1. The topological polar surface area (TPSA) is 336 Å². The Hall–Kier alpha value is -9.05. The summed E-state index contributed by atoms with van der Waals surface area (Å²) in [6, 6.07) is 31.6. The number of para-hydroxylation sites is 1. The first-order valence-electron chi connectivity index (χ1n) is 34.1. The van der Waals surface area contributed by atoms with Gasteiger partial charge in [0.25, 0.3) is 0 Å². The highest BCUT2D eigenvalue weighted by Gasteiger charge is 2.36. The molecule has 0 saturated heterocycles. The molecule has 0 unspecified atom stereocenters. The third-order valence-corrected chi connectivity index (χ3v) is 20.6. The molecule has 1 aliphatic carbocycles. The minimum Gasteiger partial charge on any atom is -0.370 e. The highest BCUT2D eigenvalue weighted by atomic mass is 32.2. The van der Waals surface area contributed by atoms with Crippen LogP contribution in [-0.4, -0.2) is 122 Å². The zero-order valence-electron chi connectivity index (χ0n) is 56.8. The van der Waals surface area contributed by atoms with Crippen molar-refractivity contribution in [1.29, 1.82) is 0 Å². The van der Waals surface area contributed by atoms with Crippen LogP contribution in [0.1, 0.15) is 159 Å². The number of amides is 7. The number of ketones is 4. The van der Waals surface area contributed by atoms with Crippen LogP contribution in [0.15, 0.2) is 143 Å². The van der Waals surface area contributed by atoms with E-state index in [4.69, 9.17) is 11.5 Å². The van der Waals surface area contributed by atoms with Crippen molar-refractivity contribution in [1.82, 2.24) is 41.1 Å². The maximum absolute atomic E-state index is 14.6. The van der Waals surface area contributed by atoms with Gasteiger partial charge in [0.2, 0.25) is 41.4 Å². The number of aromatic nitrogens is 3. The Balaban J connectivity index is 0.934. The molecular formula is C75H97N10O11S+. The lowest BCUT2D eigenvalue weighted by molar-refractivity contribution is -0.140.